The van der Waals surface area contributed by atoms with Gasteiger partial charge in [0, 0.05) is 42.2 Å². The highest BCUT2D eigenvalue weighted by Crippen LogP contribution is 2.15. The van der Waals surface area contributed by atoms with Gasteiger partial charge in [0.25, 0.3) is 11.5 Å². The Bertz CT molecular complexity index is 1020. The molecule has 2 aromatic heterocycles. The van der Waals surface area contributed by atoms with Gasteiger partial charge in [-0.3, -0.25) is 14.7 Å². The van der Waals surface area contributed by atoms with Crippen LogP contribution in [0.4, 0.5) is 0 Å². The molecule has 1 aromatic carbocycles. The number of fused-ring (bicyclic) bond motifs is 2. The number of hydrogen-bond donors (Lipinski definition) is 3. The van der Waals surface area contributed by atoms with E-state index in [1.54, 1.807) is 12.3 Å². The molecule has 1 atom stereocenters. The molecule has 8 nitrogen and oxygen atoms in total. The van der Waals surface area contributed by atoms with Gasteiger partial charge in [-0.25, -0.2) is 4.68 Å². The zero-order valence-electron chi connectivity index (χ0n) is 14.5. The summed E-state index contributed by atoms with van der Waals surface area (Å²) in [6.45, 7) is 3.65. The van der Waals surface area contributed by atoms with Crippen LogP contribution in [-0.2, 0) is 19.5 Å². The van der Waals surface area contributed by atoms with Crippen molar-refractivity contribution in [3.05, 3.63) is 57.8 Å². The van der Waals surface area contributed by atoms with Gasteiger partial charge in [-0.05, 0) is 13.0 Å². The van der Waals surface area contributed by atoms with Crippen molar-refractivity contribution in [2.24, 2.45) is 0 Å². The molecule has 1 aliphatic heterocycles. The van der Waals surface area contributed by atoms with Crippen LogP contribution in [0.3, 0.4) is 0 Å². The molecule has 26 heavy (non-hydrogen) atoms. The van der Waals surface area contributed by atoms with Gasteiger partial charge < -0.3 is 10.6 Å². The number of nitrogens with one attached hydrogen (secondary N) is 3. The van der Waals surface area contributed by atoms with Crippen LogP contribution in [0.25, 0.3) is 10.8 Å². The molecule has 134 valence electrons. The van der Waals surface area contributed by atoms with E-state index < -0.39 is 0 Å². The Morgan fingerprint density at radius 3 is 3.12 bits per heavy atom. The quantitative estimate of drug-likeness (QED) is 0.637. The predicted molar refractivity (Wildman–Crippen MR) is 96.9 cm³/mol. The second-order valence-corrected chi connectivity index (χ2v) is 6.55. The fraction of sp³-hybridized carbons (Fsp3) is 0.333. The summed E-state index contributed by atoms with van der Waals surface area (Å²) in [6, 6.07) is 7.07. The van der Waals surface area contributed by atoms with Crippen LogP contribution < -0.4 is 16.2 Å². The van der Waals surface area contributed by atoms with Crippen molar-refractivity contribution < 1.29 is 4.79 Å². The van der Waals surface area contributed by atoms with E-state index in [0.29, 0.717) is 24.2 Å². The zero-order chi connectivity index (χ0) is 18.1. The maximum Gasteiger partial charge on any atom is 0.274 e. The second kappa shape index (κ2) is 6.72. The molecule has 0 spiro atoms. The lowest BCUT2D eigenvalue weighted by molar-refractivity contribution is 0.0929. The predicted octanol–water partition coefficient (Wildman–Crippen LogP) is 0.584. The van der Waals surface area contributed by atoms with Crippen LogP contribution >= 0.6 is 0 Å². The van der Waals surface area contributed by atoms with Crippen molar-refractivity contribution in [2.45, 2.75) is 32.5 Å². The van der Waals surface area contributed by atoms with Crippen molar-refractivity contribution in [3.8, 4) is 0 Å². The number of carbonyl (C=O) groups is 1. The lowest BCUT2D eigenvalue weighted by Gasteiger charge is -2.16. The molecule has 1 aliphatic rings. The molecule has 3 N–H and O–H groups in total. The van der Waals surface area contributed by atoms with Crippen molar-refractivity contribution in [1.82, 2.24) is 30.6 Å². The molecule has 3 heterocycles. The summed E-state index contributed by atoms with van der Waals surface area (Å²) < 4.78 is 1.38. The maximum absolute atomic E-state index is 12.5. The average Bonchev–Trinajstić information content (AvgIpc) is 3.08. The van der Waals surface area contributed by atoms with Gasteiger partial charge in [0.05, 0.1) is 18.1 Å². The minimum absolute atomic E-state index is 0.162. The molecule has 1 amide bonds. The summed E-state index contributed by atoms with van der Waals surface area (Å²) >= 11 is 0. The summed E-state index contributed by atoms with van der Waals surface area (Å²) in [4.78, 5) is 25.1. The lowest BCUT2D eigenvalue weighted by atomic mass is 10.1. The first-order chi connectivity index (χ1) is 12.6. The number of carbonyl (C=O) groups excluding carboxylic acids is 1. The Morgan fingerprint density at radius 1 is 1.38 bits per heavy atom. The Labute approximate surface area is 149 Å². The van der Waals surface area contributed by atoms with E-state index in [2.05, 4.69) is 25.9 Å². The summed E-state index contributed by atoms with van der Waals surface area (Å²) in [5.74, 6) is -0.243. The standard InChI is InChI=1S/C18H20N6O2/c1-11(10-24-18(26)13-5-3-2-4-12(13)8-20-24)21-17(25)16-14-9-19-7-6-15(14)22-23-16/h2-5,8,11,19H,6-7,9-10H2,1H3,(H,21,25)(H,22,23). The highest BCUT2D eigenvalue weighted by Gasteiger charge is 2.22. The first kappa shape index (κ1) is 16.5. The molecular formula is C18H20N6O2. The highest BCUT2D eigenvalue weighted by atomic mass is 16.2. The van der Waals surface area contributed by atoms with E-state index in [1.165, 1.54) is 4.68 Å². The number of benzene rings is 1. The van der Waals surface area contributed by atoms with Gasteiger partial charge in [-0.15, -0.1) is 0 Å². The highest BCUT2D eigenvalue weighted by molar-refractivity contribution is 5.94. The third-order valence-electron chi connectivity index (χ3n) is 4.61. The number of rotatable bonds is 4. The fourth-order valence-corrected chi connectivity index (χ4v) is 3.27. The molecule has 1 unspecified atom stereocenters. The van der Waals surface area contributed by atoms with Crippen LogP contribution in [0.5, 0.6) is 0 Å². The Kier molecular flexibility index (Phi) is 4.26. The zero-order valence-corrected chi connectivity index (χ0v) is 14.5. The monoisotopic (exact) mass is 352 g/mol. The number of nitrogens with zero attached hydrogens (tertiary/aromatic N) is 3. The average molecular weight is 352 g/mol. The summed E-state index contributed by atoms with van der Waals surface area (Å²) in [5.41, 5.74) is 2.18. The lowest BCUT2D eigenvalue weighted by Crippen LogP contribution is -2.39. The minimum atomic E-state index is -0.266. The van der Waals surface area contributed by atoms with E-state index in [0.717, 1.165) is 29.6 Å². The third-order valence-corrected chi connectivity index (χ3v) is 4.61. The van der Waals surface area contributed by atoms with Crippen LogP contribution in [0.1, 0.15) is 28.7 Å². The van der Waals surface area contributed by atoms with Gasteiger partial charge in [0.2, 0.25) is 0 Å². The molecular weight excluding hydrogens is 332 g/mol. The number of H-pyrrole nitrogens is 1. The second-order valence-electron chi connectivity index (χ2n) is 6.55. The van der Waals surface area contributed by atoms with E-state index in [4.69, 9.17) is 0 Å². The molecule has 8 heteroatoms. The van der Waals surface area contributed by atoms with Crippen LogP contribution in [0.15, 0.2) is 35.3 Å². The van der Waals surface area contributed by atoms with Gasteiger partial charge in [0.1, 0.15) is 0 Å². The van der Waals surface area contributed by atoms with E-state index in [9.17, 15) is 9.59 Å². The van der Waals surface area contributed by atoms with E-state index in [-0.39, 0.29) is 17.5 Å². The largest absolute Gasteiger partial charge is 0.346 e. The van der Waals surface area contributed by atoms with Crippen molar-refractivity contribution in [2.75, 3.05) is 6.54 Å². The molecule has 0 saturated heterocycles. The molecule has 3 aromatic rings. The molecule has 0 bridgehead atoms. The Morgan fingerprint density at radius 2 is 2.23 bits per heavy atom. The van der Waals surface area contributed by atoms with E-state index >= 15 is 0 Å². The van der Waals surface area contributed by atoms with Crippen LogP contribution in [0.2, 0.25) is 0 Å². The van der Waals surface area contributed by atoms with Crippen LogP contribution in [-0.4, -0.2) is 38.5 Å². The Balaban J connectivity index is 1.50. The number of amides is 1. The van der Waals surface area contributed by atoms with Gasteiger partial charge in [-0.1, -0.05) is 18.2 Å². The maximum atomic E-state index is 12.5. The van der Waals surface area contributed by atoms with Gasteiger partial charge >= 0.3 is 0 Å². The number of hydrogen-bond acceptors (Lipinski definition) is 5. The topological polar surface area (TPSA) is 105 Å². The summed E-state index contributed by atoms with van der Waals surface area (Å²) in [6.07, 6.45) is 2.50. The first-order valence-corrected chi connectivity index (χ1v) is 8.66. The smallest absolute Gasteiger partial charge is 0.274 e. The molecule has 0 aliphatic carbocycles. The third kappa shape index (κ3) is 2.99. The normalized spacial score (nSPS) is 14.8. The van der Waals surface area contributed by atoms with Crippen molar-refractivity contribution in [1.29, 1.82) is 0 Å². The SMILES string of the molecule is CC(Cn1ncc2ccccc2c1=O)NC(=O)c1n[nH]c2c1CNCC2. The Hall–Kier alpha value is -3.00. The van der Waals surface area contributed by atoms with Crippen molar-refractivity contribution in [3.63, 3.8) is 0 Å². The molecule has 0 saturated carbocycles. The summed E-state index contributed by atoms with van der Waals surface area (Å²) in [5, 5.41) is 18.9. The van der Waals surface area contributed by atoms with E-state index in [1.807, 2.05) is 25.1 Å². The fourth-order valence-electron chi connectivity index (χ4n) is 3.27. The minimum Gasteiger partial charge on any atom is -0.346 e. The molecule has 0 fully saturated rings. The van der Waals surface area contributed by atoms with Gasteiger partial charge in [-0.2, -0.15) is 10.2 Å². The molecule has 4 rings (SSSR count). The number of aromatic amines is 1. The molecule has 0 radical (unpaired) electrons. The van der Waals surface area contributed by atoms with Crippen molar-refractivity contribution >= 4 is 16.7 Å². The van der Waals surface area contributed by atoms with Gasteiger partial charge in [0.15, 0.2) is 5.69 Å². The first-order valence-electron chi connectivity index (χ1n) is 8.66. The number of aromatic nitrogens is 4. The van der Waals surface area contributed by atoms with Crippen LogP contribution in [0, 0.1) is 0 Å². The summed E-state index contributed by atoms with van der Waals surface area (Å²) in [7, 11) is 0.